The molecule has 20 heavy (non-hydrogen) atoms. The number of benzene rings is 1. The predicted molar refractivity (Wildman–Crippen MR) is 85.9 cm³/mol. The zero-order valence-corrected chi connectivity index (χ0v) is 12.9. The SMILES string of the molecule is CC(C)c1cccc2c(C(N)C3CCCC3)cn(C)c12. The summed E-state index contributed by atoms with van der Waals surface area (Å²) in [7, 11) is 2.15. The first-order valence-corrected chi connectivity index (χ1v) is 7.93. The molecule has 0 spiro atoms. The number of aromatic nitrogens is 1. The van der Waals surface area contributed by atoms with Gasteiger partial charge in [0.25, 0.3) is 0 Å². The van der Waals surface area contributed by atoms with Crippen molar-refractivity contribution in [3.63, 3.8) is 0 Å². The molecular formula is C18H26N2. The Labute approximate surface area is 122 Å². The van der Waals surface area contributed by atoms with Gasteiger partial charge in [0.2, 0.25) is 0 Å². The topological polar surface area (TPSA) is 30.9 Å². The Bertz CT molecular complexity index is 603. The predicted octanol–water partition coefficient (Wildman–Crippen LogP) is 4.49. The van der Waals surface area contributed by atoms with Crippen LogP contribution in [0.5, 0.6) is 0 Å². The molecule has 2 heteroatoms. The van der Waals surface area contributed by atoms with Crippen molar-refractivity contribution in [2.45, 2.75) is 51.5 Å². The molecule has 1 aromatic heterocycles. The average molecular weight is 270 g/mol. The summed E-state index contributed by atoms with van der Waals surface area (Å²) in [5, 5.41) is 1.36. The smallest absolute Gasteiger partial charge is 0.0516 e. The van der Waals surface area contributed by atoms with Crippen molar-refractivity contribution in [1.82, 2.24) is 4.57 Å². The van der Waals surface area contributed by atoms with Crippen molar-refractivity contribution in [3.05, 3.63) is 35.5 Å². The maximum absolute atomic E-state index is 6.59. The molecule has 1 fully saturated rings. The molecule has 108 valence electrons. The summed E-state index contributed by atoms with van der Waals surface area (Å²) in [6.45, 7) is 4.52. The van der Waals surface area contributed by atoms with Crippen LogP contribution < -0.4 is 5.73 Å². The Hall–Kier alpha value is -1.28. The number of nitrogens with zero attached hydrogens (tertiary/aromatic N) is 1. The first-order chi connectivity index (χ1) is 9.59. The van der Waals surface area contributed by atoms with Gasteiger partial charge in [-0.3, -0.25) is 0 Å². The van der Waals surface area contributed by atoms with Gasteiger partial charge in [-0.15, -0.1) is 0 Å². The lowest BCUT2D eigenvalue weighted by Crippen LogP contribution is -2.18. The van der Waals surface area contributed by atoms with Gasteiger partial charge in [-0.1, -0.05) is 44.9 Å². The van der Waals surface area contributed by atoms with Gasteiger partial charge in [-0.25, -0.2) is 0 Å². The van der Waals surface area contributed by atoms with Gasteiger partial charge in [-0.05, 0) is 35.8 Å². The molecule has 1 aromatic carbocycles. The standard InChI is InChI=1S/C18H26N2/c1-12(2)14-9-6-10-15-16(11-20(3)18(14)15)17(19)13-7-4-5-8-13/h6,9-13,17H,4-5,7-8,19H2,1-3H3. The van der Waals surface area contributed by atoms with E-state index in [4.69, 9.17) is 5.73 Å². The van der Waals surface area contributed by atoms with E-state index >= 15 is 0 Å². The molecule has 0 amide bonds. The van der Waals surface area contributed by atoms with Crippen LogP contribution in [-0.2, 0) is 7.05 Å². The van der Waals surface area contributed by atoms with Crippen LogP contribution in [0, 0.1) is 5.92 Å². The fourth-order valence-corrected chi connectivity index (χ4v) is 3.83. The molecule has 2 aromatic rings. The molecule has 0 bridgehead atoms. The molecule has 0 aliphatic heterocycles. The average Bonchev–Trinajstić information content (AvgIpc) is 3.06. The van der Waals surface area contributed by atoms with Gasteiger partial charge >= 0.3 is 0 Å². The number of hydrogen-bond donors (Lipinski definition) is 1. The molecule has 1 unspecified atom stereocenters. The van der Waals surface area contributed by atoms with E-state index in [1.807, 2.05) is 0 Å². The lowest BCUT2D eigenvalue weighted by Gasteiger charge is -2.18. The molecule has 3 rings (SSSR count). The zero-order valence-electron chi connectivity index (χ0n) is 12.9. The highest BCUT2D eigenvalue weighted by molar-refractivity contribution is 5.87. The van der Waals surface area contributed by atoms with Gasteiger partial charge in [0.05, 0.1) is 5.52 Å². The van der Waals surface area contributed by atoms with Gasteiger partial charge in [0.1, 0.15) is 0 Å². The maximum atomic E-state index is 6.59. The summed E-state index contributed by atoms with van der Waals surface area (Å²) in [6.07, 6.45) is 7.54. The Morgan fingerprint density at radius 3 is 2.50 bits per heavy atom. The minimum Gasteiger partial charge on any atom is -0.350 e. The van der Waals surface area contributed by atoms with E-state index in [1.54, 1.807) is 0 Å². The van der Waals surface area contributed by atoms with Crippen LogP contribution in [0.4, 0.5) is 0 Å². The highest BCUT2D eigenvalue weighted by atomic mass is 14.9. The number of aryl methyl sites for hydroxylation is 1. The lowest BCUT2D eigenvalue weighted by atomic mass is 9.91. The first-order valence-electron chi connectivity index (χ1n) is 7.93. The summed E-state index contributed by atoms with van der Waals surface area (Å²) in [5.74, 6) is 1.21. The van der Waals surface area contributed by atoms with Gasteiger partial charge in [0, 0.05) is 24.7 Å². The molecule has 1 saturated carbocycles. The normalized spacial score (nSPS) is 18.2. The van der Waals surface area contributed by atoms with E-state index in [9.17, 15) is 0 Å². The maximum Gasteiger partial charge on any atom is 0.0516 e. The van der Waals surface area contributed by atoms with Crippen molar-refractivity contribution in [2.75, 3.05) is 0 Å². The van der Waals surface area contributed by atoms with Crippen molar-refractivity contribution in [1.29, 1.82) is 0 Å². The molecule has 1 heterocycles. The summed E-state index contributed by atoms with van der Waals surface area (Å²) in [5.41, 5.74) is 10.7. The van der Waals surface area contributed by atoms with Crippen molar-refractivity contribution in [2.24, 2.45) is 18.7 Å². The molecule has 2 nitrogen and oxygen atoms in total. The number of nitrogens with two attached hydrogens (primary N) is 1. The number of para-hydroxylation sites is 1. The molecule has 0 radical (unpaired) electrons. The molecule has 2 N–H and O–H groups in total. The summed E-state index contributed by atoms with van der Waals surface area (Å²) in [4.78, 5) is 0. The zero-order chi connectivity index (χ0) is 14.3. The fourth-order valence-electron chi connectivity index (χ4n) is 3.83. The van der Waals surface area contributed by atoms with Gasteiger partial charge in [0.15, 0.2) is 0 Å². The van der Waals surface area contributed by atoms with Crippen molar-refractivity contribution >= 4 is 10.9 Å². The highest BCUT2D eigenvalue weighted by Crippen LogP contribution is 2.38. The van der Waals surface area contributed by atoms with E-state index in [0.717, 1.165) is 0 Å². The van der Waals surface area contributed by atoms with E-state index in [2.05, 4.69) is 49.9 Å². The second-order valence-electron chi connectivity index (χ2n) is 6.66. The largest absolute Gasteiger partial charge is 0.350 e. The van der Waals surface area contributed by atoms with Crippen molar-refractivity contribution in [3.8, 4) is 0 Å². The minimum atomic E-state index is 0.198. The summed E-state index contributed by atoms with van der Waals surface area (Å²) >= 11 is 0. The van der Waals surface area contributed by atoms with E-state index < -0.39 is 0 Å². The number of hydrogen-bond acceptors (Lipinski definition) is 1. The van der Waals surface area contributed by atoms with Crippen LogP contribution in [0.25, 0.3) is 10.9 Å². The summed E-state index contributed by atoms with van der Waals surface area (Å²) in [6, 6.07) is 6.87. The second-order valence-corrected chi connectivity index (χ2v) is 6.66. The molecule has 1 aliphatic carbocycles. The highest BCUT2D eigenvalue weighted by Gasteiger charge is 2.26. The first kappa shape index (κ1) is 13.7. The third-order valence-electron chi connectivity index (χ3n) is 4.95. The quantitative estimate of drug-likeness (QED) is 0.875. The van der Waals surface area contributed by atoms with Crippen LogP contribution in [0.3, 0.4) is 0 Å². The van der Waals surface area contributed by atoms with Crippen molar-refractivity contribution < 1.29 is 0 Å². The molecular weight excluding hydrogens is 244 g/mol. The van der Waals surface area contributed by atoms with E-state index in [-0.39, 0.29) is 6.04 Å². The van der Waals surface area contributed by atoms with Crippen LogP contribution in [0.1, 0.15) is 62.6 Å². The van der Waals surface area contributed by atoms with Crippen LogP contribution in [0.15, 0.2) is 24.4 Å². The lowest BCUT2D eigenvalue weighted by molar-refractivity contribution is 0.446. The van der Waals surface area contributed by atoms with Crippen LogP contribution >= 0.6 is 0 Å². The second kappa shape index (κ2) is 5.25. The molecule has 1 atom stereocenters. The number of rotatable bonds is 3. The Balaban J connectivity index is 2.10. The third-order valence-corrected chi connectivity index (χ3v) is 4.95. The Kier molecular flexibility index (Phi) is 3.59. The monoisotopic (exact) mass is 270 g/mol. The molecule has 0 saturated heterocycles. The van der Waals surface area contributed by atoms with E-state index in [1.165, 1.54) is 47.7 Å². The minimum absolute atomic E-state index is 0.198. The number of fused-ring (bicyclic) bond motifs is 1. The Morgan fingerprint density at radius 2 is 1.85 bits per heavy atom. The molecule has 1 aliphatic rings. The fraction of sp³-hybridized carbons (Fsp3) is 0.556. The summed E-state index contributed by atoms with van der Waals surface area (Å²) < 4.78 is 2.27. The van der Waals surface area contributed by atoms with Crippen LogP contribution in [0.2, 0.25) is 0 Å². The van der Waals surface area contributed by atoms with E-state index in [0.29, 0.717) is 11.8 Å². The third kappa shape index (κ3) is 2.16. The van der Waals surface area contributed by atoms with Gasteiger partial charge < -0.3 is 10.3 Å². The van der Waals surface area contributed by atoms with Gasteiger partial charge in [-0.2, -0.15) is 0 Å². The van der Waals surface area contributed by atoms with Crippen LogP contribution in [-0.4, -0.2) is 4.57 Å². The Morgan fingerprint density at radius 1 is 1.15 bits per heavy atom.